The Balaban J connectivity index is 2.23. The molecule has 0 aromatic heterocycles. The van der Waals surface area contributed by atoms with Crippen molar-refractivity contribution in [1.82, 2.24) is 0 Å². The van der Waals surface area contributed by atoms with E-state index in [1.807, 2.05) is 0 Å². The number of hydrogen-bond acceptors (Lipinski definition) is 1. The normalized spacial score (nSPS) is 26.6. The van der Waals surface area contributed by atoms with Gasteiger partial charge in [0, 0.05) is 11.5 Å². The number of nitrogens with two attached hydrogens (primary N) is 1. The van der Waals surface area contributed by atoms with Crippen molar-refractivity contribution in [2.24, 2.45) is 5.73 Å². The number of aryl methyl sites for hydroxylation is 2. The van der Waals surface area contributed by atoms with Crippen LogP contribution >= 0.6 is 0 Å². The van der Waals surface area contributed by atoms with Gasteiger partial charge in [0.25, 0.3) is 0 Å². The fraction of sp³-hybridized carbons (Fsp3) is 0.538. The average molecular weight is 187 g/mol. The minimum atomic E-state index is 0.387. The highest BCUT2D eigenvalue weighted by molar-refractivity contribution is 5.51. The SMILES string of the molecule is Cc1cc(C)c2c(c1)C1(CC1)C(N)C2. The van der Waals surface area contributed by atoms with Crippen molar-refractivity contribution < 1.29 is 0 Å². The fourth-order valence-electron chi connectivity index (χ4n) is 3.10. The van der Waals surface area contributed by atoms with Crippen LogP contribution in [0.2, 0.25) is 0 Å². The lowest BCUT2D eigenvalue weighted by Crippen LogP contribution is -2.30. The van der Waals surface area contributed by atoms with Gasteiger partial charge in [-0.2, -0.15) is 0 Å². The van der Waals surface area contributed by atoms with Crippen LogP contribution in [0.4, 0.5) is 0 Å². The lowest BCUT2D eigenvalue weighted by molar-refractivity contribution is 0.563. The maximum atomic E-state index is 6.24. The third kappa shape index (κ3) is 0.885. The van der Waals surface area contributed by atoms with Crippen LogP contribution < -0.4 is 5.73 Å². The maximum absolute atomic E-state index is 6.24. The smallest absolute Gasteiger partial charge is 0.0177 e. The molecule has 1 atom stereocenters. The molecule has 2 aliphatic carbocycles. The summed E-state index contributed by atoms with van der Waals surface area (Å²) in [5, 5.41) is 0. The Hall–Kier alpha value is -0.820. The molecule has 1 nitrogen and oxygen atoms in total. The van der Waals surface area contributed by atoms with Crippen LogP contribution in [0.15, 0.2) is 12.1 Å². The van der Waals surface area contributed by atoms with Crippen LogP contribution in [0.1, 0.15) is 35.1 Å². The third-order valence-corrected chi connectivity index (χ3v) is 4.08. The Bertz CT molecular complexity index is 402. The first-order valence-electron chi connectivity index (χ1n) is 5.50. The first-order chi connectivity index (χ1) is 6.63. The maximum Gasteiger partial charge on any atom is 0.0177 e. The molecule has 1 spiro atoms. The van der Waals surface area contributed by atoms with E-state index in [0.717, 1.165) is 6.42 Å². The molecule has 1 unspecified atom stereocenters. The summed E-state index contributed by atoms with van der Waals surface area (Å²) in [6, 6.07) is 5.04. The molecule has 3 rings (SSSR count). The number of hydrogen-bond donors (Lipinski definition) is 1. The minimum absolute atomic E-state index is 0.387. The van der Waals surface area contributed by atoms with Crippen LogP contribution in [-0.2, 0) is 11.8 Å². The molecule has 1 fully saturated rings. The zero-order chi connectivity index (χ0) is 9.92. The van der Waals surface area contributed by atoms with E-state index in [0.29, 0.717) is 11.5 Å². The van der Waals surface area contributed by atoms with Gasteiger partial charge in [-0.05, 0) is 49.8 Å². The molecule has 0 amide bonds. The van der Waals surface area contributed by atoms with Gasteiger partial charge in [-0.1, -0.05) is 17.7 Å². The van der Waals surface area contributed by atoms with Gasteiger partial charge in [-0.25, -0.2) is 0 Å². The van der Waals surface area contributed by atoms with Crippen molar-refractivity contribution in [2.45, 2.75) is 44.6 Å². The van der Waals surface area contributed by atoms with Crippen LogP contribution in [0.5, 0.6) is 0 Å². The van der Waals surface area contributed by atoms with Gasteiger partial charge in [0.1, 0.15) is 0 Å². The Morgan fingerprint density at radius 1 is 1.29 bits per heavy atom. The Morgan fingerprint density at radius 2 is 2.00 bits per heavy atom. The van der Waals surface area contributed by atoms with E-state index in [1.54, 1.807) is 11.1 Å². The topological polar surface area (TPSA) is 26.0 Å². The van der Waals surface area contributed by atoms with Gasteiger partial charge in [-0.15, -0.1) is 0 Å². The highest BCUT2D eigenvalue weighted by Crippen LogP contribution is 2.56. The molecule has 0 heterocycles. The molecular weight excluding hydrogens is 170 g/mol. The molecule has 2 N–H and O–H groups in total. The molecule has 1 heteroatoms. The molecule has 74 valence electrons. The van der Waals surface area contributed by atoms with Crippen molar-refractivity contribution in [2.75, 3.05) is 0 Å². The van der Waals surface area contributed by atoms with Crippen molar-refractivity contribution in [3.63, 3.8) is 0 Å². The zero-order valence-electron chi connectivity index (χ0n) is 8.93. The minimum Gasteiger partial charge on any atom is -0.327 e. The molecule has 1 aromatic rings. The van der Waals surface area contributed by atoms with Gasteiger partial charge < -0.3 is 5.73 Å². The summed E-state index contributed by atoms with van der Waals surface area (Å²) in [6.45, 7) is 4.41. The van der Waals surface area contributed by atoms with Gasteiger partial charge in [0.2, 0.25) is 0 Å². The zero-order valence-corrected chi connectivity index (χ0v) is 8.93. The second kappa shape index (κ2) is 2.40. The second-order valence-corrected chi connectivity index (χ2v) is 5.07. The lowest BCUT2D eigenvalue weighted by Gasteiger charge is -2.14. The Kier molecular flexibility index (Phi) is 1.46. The molecule has 0 saturated heterocycles. The molecule has 0 aliphatic heterocycles. The van der Waals surface area contributed by atoms with Crippen LogP contribution in [0, 0.1) is 13.8 Å². The van der Waals surface area contributed by atoms with Crippen molar-refractivity contribution in [1.29, 1.82) is 0 Å². The lowest BCUT2D eigenvalue weighted by atomic mass is 9.93. The summed E-state index contributed by atoms with van der Waals surface area (Å²) < 4.78 is 0. The van der Waals surface area contributed by atoms with Gasteiger partial charge in [0.15, 0.2) is 0 Å². The van der Waals surface area contributed by atoms with Crippen LogP contribution in [0.25, 0.3) is 0 Å². The number of rotatable bonds is 0. The molecule has 1 aromatic carbocycles. The predicted molar refractivity (Wildman–Crippen MR) is 58.5 cm³/mol. The summed E-state index contributed by atoms with van der Waals surface area (Å²) in [4.78, 5) is 0. The molecule has 0 radical (unpaired) electrons. The second-order valence-electron chi connectivity index (χ2n) is 5.07. The standard InChI is InChI=1S/C13H17N/c1-8-5-9(2)10-7-12(14)13(3-4-13)11(10)6-8/h5-6,12H,3-4,7,14H2,1-2H3. The quantitative estimate of drug-likeness (QED) is 0.662. The van der Waals surface area contributed by atoms with E-state index >= 15 is 0 Å². The summed E-state index contributed by atoms with van der Waals surface area (Å²) >= 11 is 0. The molecule has 0 bridgehead atoms. The fourth-order valence-corrected chi connectivity index (χ4v) is 3.10. The number of fused-ring (bicyclic) bond motifs is 2. The monoisotopic (exact) mass is 187 g/mol. The molecule has 2 aliphatic rings. The molecule has 1 saturated carbocycles. The van der Waals surface area contributed by atoms with E-state index in [2.05, 4.69) is 26.0 Å². The molecule has 14 heavy (non-hydrogen) atoms. The van der Waals surface area contributed by atoms with Gasteiger partial charge in [-0.3, -0.25) is 0 Å². The average Bonchev–Trinajstić information content (AvgIpc) is 2.84. The van der Waals surface area contributed by atoms with E-state index in [-0.39, 0.29) is 0 Å². The van der Waals surface area contributed by atoms with Crippen LogP contribution in [0.3, 0.4) is 0 Å². The number of benzene rings is 1. The first kappa shape index (κ1) is 8.49. The van der Waals surface area contributed by atoms with Gasteiger partial charge >= 0.3 is 0 Å². The first-order valence-corrected chi connectivity index (χ1v) is 5.50. The van der Waals surface area contributed by atoms with E-state index in [9.17, 15) is 0 Å². The van der Waals surface area contributed by atoms with Crippen molar-refractivity contribution >= 4 is 0 Å². The molecular formula is C13H17N. The van der Waals surface area contributed by atoms with Crippen LogP contribution in [-0.4, -0.2) is 6.04 Å². The largest absolute Gasteiger partial charge is 0.327 e. The van der Waals surface area contributed by atoms with E-state index in [4.69, 9.17) is 5.73 Å². The van der Waals surface area contributed by atoms with E-state index < -0.39 is 0 Å². The summed E-state index contributed by atoms with van der Waals surface area (Å²) in [5.74, 6) is 0. The Labute approximate surface area is 85.3 Å². The Morgan fingerprint density at radius 3 is 2.64 bits per heavy atom. The summed E-state index contributed by atoms with van der Waals surface area (Å²) in [5.41, 5.74) is 12.6. The predicted octanol–water partition coefficient (Wildman–Crippen LogP) is 2.22. The van der Waals surface area contributed by atoms with Crippen molar-refractivity contribution in [3.8, 4) is 0 Å². The summed E-state index contributed by atoms with van der Waals surface area (Å²) in [6.07, 6.45) is 3.72. The third-order valence-electron chi connectivity index (χ3n) is 4.08. The van der Waals surface area contributed by atoms with E-state index in [1.165, 1.54) is 24.0 Å². The highest BCUT2D eigenvalue weighted by atomic mass is 14.8. The van der Waals surface area contributed by atoms with Crippen molar-refractivity contribution in [3.05, 3.63) is 34.4 Å². The summed E-state index contributed by atoms with van der Waals surface area (Å²) in [7, 11) is 0. The van der Waals surface area contributed by atoms with Gasteiger partial charge in [0.05, 0.1) is 0 Å². The highest BCUT2D eigenvalue weighted by Gasteiger charge is 2.54.